The molecule has 0 aliphatic carbocycles. The summed E-state index contributed by atoms with van der Waals surface area (Å²) in [5.41, 5.74) is 2.61. The van der Waals surface area contributed by atoms with Crippen molar-refractivity contribution < 1.29 is 4.74 Å². The molecule has 0 fully saturated rings. The molecule has 0 aliphatic rings. The molecule has 0 radical (unpaired) electrons. The molecule has 1 nitrogen and oxygen atoms in total. The first-order chi connectivity index (χ1) is 10.9. The molecule has 0 bridgehead atoms. The fourth-order valence-electron chi connectivity index (χ4n) is 2.45. The van der Waals surface area contributed by atoms with Crippen LogP contribution in [0.25, 0.3) is 0 Å². The van der Waals surface area contributed by atoms with E-state index in [1.165, 1.54) is 49.7 Å². The molecule has 2 aromatic carbocycles. The Labute approximate surface area is 142 Å². The lowest BCUT2D eigenvalue weighted by molar-refractivity contribution is 0.306. The first-order valence-corrected chi connectivity index (χ1v) is 9.32. The molecule has 0 heterocycles. The van der Waals surface area contributed by atoms with Crippen LogP contribution in [0, 0.1) is 0 Å². The lowest BCUT2D eigenvalue weighted by Crippen LogP contribution is -1.95. The van der Waals surface area contributed by atoms with Gasteiger partial charge in [0.15, 0.2) is 0 Å². The highest BCUT2D eigenvalue weighted by atomic mass is 79.9. The second-order valence-corrected chi connectivity index (χ2v) is 6.42. The predicted molar refractivity (Wildman–Crippen MR) is 97.8 cm³/mol. The van der Waals surface area contributed by atoms with E-state index in [4.69, 9.17) is 4.74 Å². The summed E-state index contributed by atoms with van der Waals surface area (Å²) in [4.78, 5) is 0. The summed E-state index contributed by atoms with van der Waals surface area (Å²) in [7, 11) is 0. The lowest BCUT2D eigenvalue weighted by atomic mass is 10.1. The van der Waals surface area contributed by atoms with E-state index in [-0.39, 0.29) is 0 Å². The van der Waals surface area contributed by atoms with E-state index in [1.54, 1.807) is 0 Å². The Kier molecular flexibility index (Phi) is 8.11. The number of hydrogen-bond acceptors (Lipinski definition) is 1. The van der Waals surface area contributed by atoms with Crippen LogP contribution in [0.3, 0.4) is 0 Å². The molecule has 22 heavy (non-hydrogen) atoms. The van der Waals surface area contributed by atoms with Crippen molar-refractivity contribution in [1.82, 2.24) is 0 Å². The van der Waals surface area contributed by atoms with E-state index < -0.39 is 0 Å². The minimum Gasteiger partial charge on any atom is -0.489 e. The third kappa shape index (κ3) is 6.65. The third-order valence-electron chi connectivity index (χ3n) is 3.77. The Morgan fingerprint density at radius 1 is 0.682 bits per heavy atom. The van der Waals surface area contributed by atoms with E-state index in [0.29, 0.717) is 6.61 Å². The van der Waals surface area contributed by atoms with E-state index >= 15 is 0 Å². The molecule has 0 N–H and O–H groups in total. The summed E-state index contributed by atoms with van der Waals surface area (Å²) < 4.78 is 5.81. The van der Waals surface area contributed by atoms with Gasteiger partial charge in [-0.25, -0.2) is 0 Å². The molecule has 2 aromatic rings. The summed E-state index contributed by atoms with van der Waals surface area (Å²) in [6.07, 6.45) is 7.79. The summed E-state index contributed by atoms with van der Waals surface area (Å²) in [5, 5.41) is 1.14. The lowest BCUT2D eigenvalue weighted by Gasteiger charge is -2.07. The Morgan fingerprint density at radius 3 is 2.09 bits per heavy atom. The van der Waals surface area contributed by atoms with Gasteiger partial charge in [-0.05, 0) is 42.5 Å². The van der Waals surface area contributed by atoms with Crippen molar-refractivity contribution in [2.45, 2.75) is 45.1 Å². The van der Waals surface area contributed by atoms with Crippen molar-refractivity contribution in [3.63, 3.8) is 0 Å². The van der Waals surface area contributed by atoms with Crippen LogP contribution in [-0.4, -0.2) is 5.33 Å². The highest BCUT2D eigenvalue weighted by Gasteiger charge is 1.98. The number of ether oxygens (including phenoxy) is 1. The topological polar surface area (TPSA) is 9.23 Å². The number of hydrogen-bond donors (Lipinski definition) is 0. The zero-order valence-corrected chi connectivity index (χ0v) is 14.7. The fraction of sp³-hybridized carbons (Fsp3) is 0.400. The van der Waals surface area contributed by atoms with Crippen molar-refractivity contribution in [2.75, 3.05) is 5.33 Å². The minimum atomic E-state index is 0.633. The van der Waals surface area contributed by atoms with Crippen LogP contribution in [0.2, 0.25) is 0 Å². The smallest absolute Gasteiger partial charge is 0.119 e. The molecule has 118 valence electrons. The fourth-order valence-corrected chi connectivity index (χ4v) is 2.84. The maximum atomic E-state index is 5.81. The molecule has 0 saturated heterocycles. The monoisotopic (exact) mass is 360 g/mol. The van der Waals surface area contributed by atoms with Gasteiger partial charge in [0.25, 0.3) is 0 Å². The average Bonchev–Trinajstić information content (AvgIpc) is 2.58. The van der Waals surface area contributed by atoms with Crippen molar-refractivity contribution in [1.29, 1.82) is 0 Å². The molecule has 0 spiro atoms. The van der Waals surface area contributed by atoms with Crippen LogP contribution < -0.4 is 4.74 Å². The molecule has 0 unspecified atom stereocenters. The maximum Gasteiger partial charge on any atom is 0.119 e. The van der Waals surface area contributed by atoms with Gasteiger partial charge in [-0.3, -0.25) is 0 Å². The molecule has 0 atom stereocenters. The summed E-state index contributed by atoms with van der Waals surface area (Å²) in [5.74, 6) is 0.949. The maximum absolute atomic E-state index is 5.81. The van der Waals surface area contributed by atoms with E-state index in [2.05, 4.69) is 52.3 Å². The van der Waals surface area contributed by atoms with Gasteiger partial charge in [0.1, 0.15) is 12.4 Å². The van der Waals surface area contributed by atoms with Crippen molar-refractivity contribution in [3.05, 3.63) is 65.7 Å². The highest BCUT2D eigenvalue weighted by molar-refractivity contribution is 9.09. The standard InChI is InChI=1S/C20H25BrO/c21-16-8-3-1-2-5-9-18-12-14-20(15-13-18)22-17-19-10-6-4-7-11-19/h4,6-7,10-15H,1-3,5,8-9,16-17H2. The van der Waals surface area contributed by atoms with Crippen LogP contribution in [-0.2, 0) is 13.0 Å². The Hall–Kier alpha value is -1.28. The SMILES string of the molecule is BrCCCCCCCc1ccc(OCc2ccccc2)cc1. The van der Waals surface area contributed by atoms with Crippen LogP contribution in [0.15, 0.2) is 54.6 Å². The van der Waals surface area contributed by atoms with E-state index in [0.717, 1.165) is 11.1 Å². The Morgan fingerprint density at radius 2 is 1.36 bits per heavy atom. The normalized spacial score (nSPS) is 10.6. The third-order valence-corrected chi connectivity index (χ3v) is 4.33. The molecule has 0 saturated carbocycles. The highest BCUT2D eigenvalue weighted by Crippen LogP contribution is 2.16. The number of halogens is 1. The van der Waals surface area contributed by atoms with Gasteiger partial charge < -0.3 is 4.74 Å². The van der Waals surface area contributed by atoms with Crippen molar-refractivity contribution in [3.8, 4) is 5.75 Å². The molecule has 2 rings (SSSR count). The van der Waals surface area contributed by atoms with Gasteiger partial charge >= 0.3 is 0 Å². The largest absolute Gasteiger partial charge is 0.489 e. The van der Waals surface area contributed by atoms with Gasteiger partial charge in [-0.15, -0.1) is 0 Å². The van der Waals surface area contributed by atoms with Crippen molar-refractivity contribution in [2.24, 2.45) is 0 Å². The Bertz CT molecular complexity index is 507. The molecule has 0 amide bonds. The number of alkyl halides is 1. The zero-order chi connectivity index (χ0) is 15.5. The van der Waals surface area contributed by atoms with Gasteiger partial charge in [0, 0.05) is 5.33 Å². The predicted octanol–water partition coefficient (Wildman–Crippen LogP) is 6.15. The average molecular weight is 361 g/mol. The first kappa shape index (κ1) is 17.1. The second-order valence-electron chi connectivity index (χ2n) is 5.62. The summed E-state index contributed by atoms with van der Waals surface area (Å²) >= 11 is 3.48. The van der Waals surface area contributed by atoms with E-state index in [9.17, 15) is 0 Å². The van der Waals surface area contributed by atoms with Crippen LogP contribution in [0.1, 0.15) is 43.2 Å². The number of benzene rings is 2. The van der Waals surface area contributed by atoms with Crippen LogP contribution in [0.5, 0.6) is 5.75 Å². The van der Waals surface area contributed by atoms with Gasteiger partial charge in [0.05, 0.1) is 0 Å². The number of unbranched alkanes of at least 4 members (excludes halogenated alkanes) is 4. The molecule has 0 aliphatic heterocycles. The first-order valence-electron chi connectivity index (χ1n) is 8.20. The number of rotatable bonds is 10. The number of aryl methyl sites for hydroxylation is 1. The zero-order valence-electron chi connectivity index (χ0n) is 13.1. The van der Waals surface area contributed by atoms with Crippen LogP contribution >= 0.6 is 15.9 Å². The van der Waals surface area contributed by atoms with Gasteiger partial charge in [-0.2, -0.15) is 0 Å². The van der Waals surface area contributed by atoms with Gasteiger partial charge in [0.2, 0.25) is 0 Å². The van der Waals surface area contributed by atoms with Crippen LogP contribution in [0.4, 0.5) is 0 Å². The van der Waals surface area contributed by atoms with Crippen molar-refractivity contribution >= 4 is 15.9 Å². The second kappa shape index (κ2) is 10.4. The summed E-state index contributed by atoms with van der Waals surface area (Å²) in [6.45, 7) is 0.633. The molecule has 2 heteroatoms. The van der Waals surface area contributed by atoms with E-state index in [1.807, 2.05) is 18.2 Å². The Balaban J connectivity index is 1.67. The summed E-state index contributed by atoms with van der Waals surface area (Å²) in [6, 6.07) is 18.8. The minimum absolute atomic E-state index is 0.633. The molecule has 0 aromatic heterocycles. The molecular formula is C20H25BrO. The molecular weight excluding hydrogens is 336 g/mol. The van der Waals surface area contributed by atoms with Gasteiger partial charge in [-0.1, -0.05) is 77.7 Å². The quantitative estimate of drug-likeness (QED) is 0.364.